The van der Waals surface area contributed by atoms with Crippen LogP contribution >= 0.6 is 11.8 Å². The number of hydrogen-bond donors (Lipinski definition) is 1. The van der Waals surface area contributed by atoms with Crippen LogP contribution in [-0.4, -0.2) is 19.5 Å². The van der Waals surface area contributed by atoms with Crippen LogP contribution in [0.3, 0.4) is 0 Å². The van der Waals surface area contributed by atoms with E-state index in [0.717, 1.165) is 10.7 Å². The molecule has 0 unspecified atom stereocenters. The fraction of sp³-hybridized carbons (Fsp3) is 0.214. The van der Waals surface area contributed by atoms with E-state index >= 15 is 0 Å². The van der Waals surface area contributed by atoms with Gasteiger partial charge in [-0.25, -0.2) is 9.97 Å². The molecule has 20 heavy (non-hydrogen) atoms. The molecule has 3 aromatic rings. The molecule has 102 valence electrons. The third-order valence-corrected chi connectivity index (χ3v) is 4.26. The third-order valence-electron chi connectivity index (χ3n) is 3.08. The van der Waals surface area contributed by atoms with E-state index in [0.29, 0.717) is 11.2 Å². The number of H-pyrrole nitrogens is 1. The van der Waals surface area contributed by atoms with Crippen LogP contribution < -0.4 is 5.56 Å². The first kappa shape index (κ1) is 12.9. The third kappa shape index (κ3) is 2.34. The minimum atomic E-state index is -0.0992. The SMILES string of the molecule is C[C@H](Sc1nccn1C)c1nc2ccccc2c(=O)[nH]1. The van der Waals surface area contributed by atoms with Gasteiger partial charge in [0.2, 0.25) is 0 Å². The average Bonchev–Trinajstić information content (AvgIpc) is 2.84. The van der Waals surface area contributed by atoms with Crippen molar-refractivity contribution >= 4 is 22.7 Å². The molecule has 0 aliphatic rings. The number of rotatable bonds is 3. The molecular formula is C14H14N4OS. The molecule has 0 spiro atoms. The molecule has 0 amide bonds. The predicted octanol–water partition coefficient (Wildman–Crippen LogP) is 2.51. The number of para-hydroxylation sites is 1. The minimum absolute atomic E-state index is 0.0217. The summed E-state index contributed by atoms with van der Waals surface area (Å²) in [6, 6.07) is 7.36. The Hall–Kier alpha value is -2.08. The molecule has 3 rings (SSSR count). The maximum Gasteiger partial charge on any atom is 0.258 e. The summed E-state index contributed by atoms with van der Waals surface area (Å²) in [6.45, 7) is 2.01. The highest BCUT2D eigenvalue weighted by molar-refractivity contribution is 7.99. The summed E-state index contributed by atoms with van der Waals surface area (Å²) in [5.41, 5.74) is 0.622. The van der Waals surface area contributed by atoms with Gasteiger partial charge >= 0.3 is 0 Å². The predicted molar refractivity (Wildman–Crippen MR) is 79.8 cm³/mol. The van der Waals surface area contributed by atoms with Gasteiger partial charge in [-0.2, -0.15) is 0 Å². The van der Waals surface area contributed by atoms with Crippen LogP contribution in [0.15, 0.2) is 46.6 Å². The molecule has 2 aromatic heterocycles. The Kier molecular flexibility index (Phi) is 3.31. The molecule has 0 aliphatic heterocycles. The van der Waals surface area contributed by atoms with Gasteiger partial charge in [-0.3, -0.25) is 4.79 Å². The topological polar surface area (TPSA) is 63.6 Å². The molecule has 6 heteroatoms. The summed E-state index contributed by atoms with van der Waals surface area (Å²) < 4.78 is 1.94. The Morgan fingerprint density at radius 3 is 2.90 bits per heavy atom. The molecule has 0 bridgehead atoms. The number of nitrogens with zero attached hydrogens (tertiary/aromatic N) is 3. The van der Waals surface area contributed by atoms with E-state index in [9.17, 15) is 4.79 Å². The van der Waals surface area contributed by atoms with Crippen molar-refractivity contribution < 1.29 is 0 Å². The number of aromatic amines is 1. The molecule has 0 saturated heterocycles. The van der Waals surface area contributed by atoms with Crippen molar-refractivity contribution in [3.63, 3.8) is 0 Å². The van der Waals surface area contributed by atoms with Gasteiger partial charge in [0, 0.05) is 19.4 Å². The van der Waals surface area contributed by atoms with Crippen molar-refractivity contribution in [3.8, 4) is 0 Å². The molecule has 0 fully saturated rings. The molecule has 0 saturated carbocycles. The van der Waals surface area contributed by atoms with Gasteiger partial charge in [-0.1, -0.05) is 23.9 Å². The minimum Gasteiger partial charge on any atom is -0.329 e. The summed E-state index contributed by atoms with van der Waals surface area (Å²) in [4.78, 5) is 23.7. The summed E-state index contributed by atoms with van der Waals surface area (Å²) in [6.07, 6.45) is 3.65. The highest BCUT2D eigenvalue weighted by Gasteiger charge is 2.14. The zero-order valence-corrected chi connectivity index (χ0v) is 12.0. The van der Waals surface area contributed by atoms with E-state index in [1.807, 2.05) is 42.9 Å². The van der Waals surface area contributed by atoms with Crippen molar-refractivity contribution in [3.05, 3.63) is 52.8 Å². The number of aryl methyl sites for hydroxylation is 1. The normalized spacial score (nSPS) is 12.7. The highest BCUT2D eigenvalue weighted by atomic mass is 32.2. The van der Waals surface area contributed by atoms with Gasteiger partial charge in [-0.15, -0.1) is 0 Å². The summed E-state index contributed by atoms with van der Waals surface area (Å²) >= 11 is 1.57. The van der Waals surface area contributed by atoms with Crippen LogP contribution in [0.4, 0.5) is 0 Å². The van der Waals surface area contributed by atoms with Gasteiger partial charge in [0.15, 0.2) is 5.16 Å². The molecule has 1 atom stereocenters. The van der Waals surface area contributed by atoms with Crippen LogP contribution in [0, 0.1) is 0 Å². The number of imidazole rings is 1. The smallest absolute Gasteiger partial charge is 0.258 e. The Morgan fingerprint density at radius 1 is 1.35 bits per heavy atom. The molecule has 5 nitrogen and oxygen atoms in total. The lowest BCUT2D eigenvalue weighted by molar-refractivity contribution is 0.783. The highest BCUT2D eigenvalue weighted by Crippen LogP contribution is 2.31. The van der Waals surface area contributed by atoms with E-state index in [2.05, 4.69) is 15.0 Å². The van der Waals surface area contributed by atoms with Crippen LogP contribution in [0.2, 0.25) is 0 Å². The van der Waals surface area contributed by atoms with Gasteiger partial charge in [0.1, 0.15) is 5.82 Å². The summed E-state index contributed by atoms with van der Waals surface area (Å²) in [5.74, 6) is 0.668. The average molecular weight is 286 g/mol. The lowest BCUT2D eigenvalue weighted by Gasteiger charge is -2.10. The van der Waals surface area contributed by atoms with Crippen LogP contribution in [0.25, 0.3) is 10.9 Å². The maximum absolute atomic E-state index is 12.0. The maximum atomic E-state index is 12.0. The van der Waals surface area contributed by atoms with Gasteiger partial charge in [0.25, 0.3) is 5.56 Å². The van der Waals surface area contributed by atoms with Crippen molar-refractivity contribution in [2.24, 2.45) is 7.05 Å². The zero-order valence-electron chi connectivity index (χ0n) is 11.2. The fourth-order valence-corrected chi connectivity index (χ4v) is 2.86. The van der Waals surface area contributed by atoms with Crippen LogP contribution in [-0.2, 0) is 7.05 Å². The Labute approximate surface area is 120 Å². The van der Waals surface area contributed by atoms with E-state index < -0.39 is 0 Å². The van der Waals surface area contributed by atoms with Gasteiger partial charge in [-0.05, 0) is 19.1 Å². The molecule has 0 aliphatic carbocycles. The molecule has 1 aromatic carbocycles. The molecule has 0 radical (unpaired) electrons. The lowest BCUT2D eigenvalue weighted by Crippen LogP contribution is -2.13. The van der Waals surface area contributed by atoms with Gasteiger partial charge < -0.3 is 9.55 Å². The number of fused-ring (bicyclic) bond motifs is 1. The molecule has 2 heterocycles. The Balaban J connectivity index is 1.98. The number of benzene rings is 1. The summed E-state index contributed by atoms with van der Waals surface area (Å²) in [7, 11) is 1.94. The van der Waals surface area contributed by atoms with Crippen LogP contribution in [0.5, 0.6) is 0 Å². The standard InChI is InChI=1S/C14H14N4OS/c1-9(20-14-15-7-8-18(14)2)12-16-11-6-4-3-5-10(11)13(19)17-12/h3-9H,1-2H3,(H,16,17,19)/t9-/m0/s1. The summed E-state index contributed by atoms with van der Waals surface area (Å²) in [5, 5.41) is 1.53. The molecule has 1 N–H and O–H groups in total. The largest absolute Gasteiger partial charge is 0.329 e. The second kappa shape index (κ2) is 5.13. The van der Waals surface area contributed by atoms with E-state index in [-0.39, 0.29) is 10.8 Å². The zero-order chi connectivity index (χ0) is 14.1. The fourth-order valence-electron chi connectivity index (χ4n) is 1.98. The van der Waals surface area contributed by atoms with Crippen LogP contribution in [0.1, 0.15) is 18.0 Å². The first-order valence-corrected chi connectivity index (χ1v) is 7.16. The van der Waals surface area contributed by atoms with Crippen molar-refractivity contribution in [2.45, 2.75) is 17.3 Å². The number of thioether (sulfide) groups is 1. The van der Waals surface area contributed by atoms with Crippen molar-refractivity contribution in [2.75, 3.05) is 0 Å². The number of hydrogen-bond acceptors (Lipinski definition) is 4. The first-order valence-electron chi connectivity index (χ1n) is 6.28. The van der Waals surface area contributed by atoms with Gasteiger partial charge in [0.05, 0.1) is 16.2 Å². The Morgan fingerprint density at radius 2 is 2.15 bits per heavy atom. The van der Waals surface area contributed by atoms with E-state index in [4.69, 9.17) is 0 Å². The van der Waals surface area contributed by atoms with E-state index in [1.165, 1.54) is 0 Å². The second-order valence-corrected chi connectivity index (χ2v) is 5.86. The van der Waals surface area contributed by atoms with E-state index in [1.54, 1.807) is 24.0 Å². The quantitative estimate of drug-likeness (QED) is 0.751. The second-order valence-electron chi connectivity index (χ2n) is 4.55. The number of nitrogens with one attached hydrogen (secondary N) is 1. The monoisotopic (exact) mass is 286 g/mol. The number of aromatic nitrogens is 4. The molecular weight excluding hydrogens is 272 g/mol. The van der Waals surface area contributed by atoms with Crippen molar-refractivity contribution in [1.82, 2.24) is 19.5 Å². The first-order chi connectivity index (χ1) is 9.65. The van der Waals surface area contributed by atoms with Crippen molar-refractivity contribution in [1.29, 1.82) is 0 Å². The lowest BCUT2D eigenvalue weighted by atomic mass is 10.2. The Bertz CT molecular complexity index is 808.